The Hall–Kier alpha value is -0.400. The van der Waals surface area contributed by atoms with Crippen molar-refractivity contribution in [2.75, 3.05) is 19.7 Å². The van der Waals surface area contributed by atoms with Gasteiger partial charge in [0, 0.05) is 19.7 Å². The zero-order valence-electron chi connectivity index (χ0n) is 10.5. The fourth-order valence-corrected chi connectivity index (χ4v) is 4.51. The van der Waals surface area contributed by atoms with Crippen LogP contribution in [-0.2, 0) is 10.0 Å². The third-order valence-corrected chi connectivity index (χ3v) is 6.04. The molecule has 1 unspecified atom stereocenters. The van der Waals surface area contributed by atoms with Crippen LogP contribution in [0.25, 0.3) is 0 Å². The van der Waals surface area contributed by atoms with Crippen LogP contribution in [0.4, 0.5) is 4.39 Å². The molecular formula is C12H14Cl2FNO3S. The highest BCUT2D eigenvalue weighted by Gasteiger charge is 2.32. The first-order valence-electron chi connectivity index (χ1n) is 6.12. The van der Waals surface area contributed by atoms with Gasteiger partial charge in [-0.1, -0.05) is 23.2 Å². The highest BCUT2D eigenvalue weighted by atomic mass is 35.5. The van der Waals surface area contributed by atoms with Gasteiger partial charge in [-0.25, -0.2) is 12.8 Å². The Labute approximate surface area is 127 Å². The minimum atomic E-state index is -3.88. The summed E-state index contributed by atoms with van der Waals surface area (Å²) in [5, 5.41) is 8.44. The second-order valence-electron chi connectivity index (χ2n) is 4.73. The lowest BCUT2D eigenvalue weighted by atomic mass is 10.0. The number of nitrogens with zero attached hydrogens (tertiary/aromatic N) is 1. The number of benzene rings is 1. The number of aliphatic hydroxyl groups excluding tert-OH is 1. The van der Waals surface area contributed by atoms with E-state index in [1.165, 1.54) is 16.4 Å². The van der Waals surface area contributed by atoms with Crippen LogP contribution >= 0.6 is 23.2 Å². The molecule has 112 valence electrons. The molecule has 0 amide bonds. The fourth-order valence-electron chi connectivity index (χ4n) is 2.24. The van der Waals surface area contributed by atoms with Gasteiger partial charge in [0.2, 0.25) is 10.0 Å². The van der Waals surface area contributed by atoms with E-state index in [0.717, 1.165) is 6.42 Å². The van der Waals surface area contributed by atoms with Crippen molar-refractivity contribution in [2.24, 2.45) is 5.92 Å². The number of rotatable bonds is 3. The van der Waals surface area contributed by atoms with Crippen molar-refractivity contribution in [2.45, 2.75) is 17.7 Å². The lowest BCUT2D eigenvalue weighted by molar-refractivity contribution is 0.165. The van der Waals surface area contributed by atoms with Crippen LogP contribution in [0.5, 0.6) is 0 Å². The Balaban J connectivity index is 2.38. The highest BCUT2D eigenvalue weighted by Crippen LogP contribution is 2.32. The van der Waals surface area contributed by atoms with Gasteiger partial charge in [-0.3, -0.25) is 0 Å². The molecule has 0 saturated carbocycles. The van der Waals surface area contributed by atoms with E-state index < -0.39 is 20.9 Å². The lowest BCUT2D eigenvalue weighted by Crippen LogP contribution is -2.41. The maximum absolute atomic E-state index is 13.6. The van der Waals surface area contributed by atoms with E-state index >= 15 is 0 Å². The van der Waals surface area contributed by atoms with Gasteiger partial charge in [-0.05, 0) is 30.9 Å². The molecule has 0 aromatic heterocycles. The summed E-state index contributed by atoms with van der Waals surface area (Å²) in [7, 11) is -3.88. The zero-order valence-corrected chi connectivity index (χ0v) is 12.8. The minimum Gasteiger partial charge on any atom is -0.396 e. The standard InChI is InChI=1S/C12H14Cl2FNO3S/c13-9-3-4-10(11(14)12(9)15)20(18,19)16-5-1-2-8(6-16)7-17/h3-4,8,17H,1-2,5-7H2. The van der Waals surface area contributed by atoms with Crippen molar-refractivity contribution >= 4 is 33.2 Å². The fraction of sp³-hybridized carbons (Fsp3) is 0.500. The first-order valence-corrected chi connectivity index (χ1v) is 8.32. The Kier molecular flexibility index (Phi) is 4.92. The SMILES string of the molecule is O=S(=O)(c1ccc(Cl)c(F)c1Cl)N1CCCC(CO)C1. The molecule has 4 nitrogen and oxygen atoms in total. The minimum absolute atomic E-state index is 0.0747. The van der Waals surface area contributed by atoms with Crippen molar-refractivity contribution in [3.63, 3.8) is 0 Å². The second-order valence-corrected chi connectivity index (χ2v) is 7.42. The van der Waals surface area contributed by atoms with Crippen molar-refractivity contribution in [1.29, 1.82) is 0 Å². The molecule has 2 rings (SSSR count). The highest BCUT2D eigenvalue weighted by molar-refractivity contribution is 7.89. The van der Waals surface area contributed by atoms with Crippen LogP contribution < -0.4 is 0 Å². The Morgan fingerprint density at radius 1 is 1.40 bits per heavy atom. The molecule has 1 aliphatic rings. The van der Waals surface area contributed by atoms with Crippen LogP contribution in [0.3, 0.4) is 0 Å². The molecule has 1 N–H and O–H groups in total. The predicted octanol–water partition coefficient (Wildman–Crippen LogP) is 2.53. The molecule has 20 heavy (non-hydrogen) atoms. The molecule has 0 bridgehead atoms. The van der Waals surface area contributed by atoms with Crippen molar-refractivity contribution in [3.8, 4) is 0 Å². The van der Waals surface area contributed by atoms with E-state index in [0.29, 0.717) is 13.0 Å². The number of hydrogen-bond acceptors (Lipinski definition) is 3. The zero-order chi connectivity index (χ0) is 14.9. The molecule has 1 fully saturated rings. The molecule has 1 saturated heterocycles. The van der Waals surface area contributed by atoms with Crippen LogP contribution in [0, 0.1) is 11.7 Å². The van der Waals surface area contributed by atoms with E-state index in [9.17, 15) is 12.8 Å². The van der Waals surface area contributed by atoms with Gasteiger partial charge < -0.3 is 5.11 Å². The monoisotopic (exact) mass is 341 g/mol. The largest absolute Gasteiger partial charge is 0.396 e. The van der Waals surface area contributed by atoms with E-state index in [4.69, 9.17) is 28.3 Å². The molecule has 1 heterocycles. The summed E-state index contributed by atoms with van der Waals surface area (Å²) in [5.74, 6) is -1.04. The van der Waals surface area contributed by atoms with Gasteiger partial charge >= 0.3 is 0 Å². The average Bonchev–Trinajstić information content (AvgIpc) is 2.44. The van der Waals surface area contributed by atoms with Gasteiger partial charge in [-0.2, -0.15) is 4.31 Å². The topological polar surface area (TPSA) is 57.6 Å². The normalized spacial score (nSPS) is 21.1. The van der Waals surface area contributed by atoms with Crippen LogP contribution in [-0.4, -0.2) is 37.5 Å². The van der Waals surface area contributed by atoms with Crippen molar-refractivity contribution in [1.82, 2.24) is 4.31 Å². The first-order chi connectivity index (χ1) is 9.37. The smallest absolute Gasteiger partial charge is 0.244 e. The number of aliphatic hydroxyl groups is 1. The molecule has 1 aromatic carbocycles. The summed E-state index contributed by atoms with van der Waals surface area (Å²) in [6.45, 7) is 0.466. The summed E-state index contributed by atoms with van der Waals surface area (Å²) in [6, 6.07) is 2.37. The van der Waals surface area contributed by atoms with Crippen molar-refractivity contribution in [3.05, 3.63) is 28.0 Å². The van der Waals surface area contributed by atoms with Crippen LogP contribution in [0.15, 0.2) is 17.0 Å². The van der Waals surface area contributed by atoms with Gasteiger partial charge in [0.05, 0.1) is 10.0 Å². The Bertz CT molecular complexity index is 609. The quantitative estimate of drug-likeness (QED) is 0.859. The maximum atomic E-state index is 13.6. The van der Waals surface area contributed by atoms with E-state index in [1.54, 1.807) is 0 Å². The summed E-state index contributed by atoms with van der Waals surface area (Å²) >= 11 is 11.3. The van der Waals surface area contributed by atoms with E-state index in [-0.39, 0.29) is 29.0 Å². The number of piperidine rings is 1. The van der Waals surface area contributed by atoms with Crippen LogP contribution in [0.2, 0.25) is 10.0 Å². The molecule has 0 spiro atoms. The van der Waals surface area contributed by atoms with Gasteiger partial charge in [0.1, 0.15) is 4.90 Å². The number of hydrogen-bond donors (Lipinski definition) is 1. The molecule has 1 aromatic rings. The molecule has 8 heteroatoms. The van der Waals surface area contributed by atoms with Crippen LogP contribution in [0.1, 0.15) is 12.8 Å². The average molecular weight is 342 g/mol. The molecular weight excluding hydrogens is 328 g/mol. The molecule has 1 atom stereocenters. The summed E-state index contributed by atoms with van der Waals surface area (Å²) in [4.78, 5) is -0.292. The third kappa shape index (κ3) is 2.94. The summed E-state index contributed by atoms with van der Waals surface area (Å²) in [5.41, 5.74) is 0. The summed E-state index contributed by atoms with van der Waals surface area (Å²) < 4.78 is 39.8. The maximum Gasteiger partial charge on any atom is 0.244 e. The van der Waals surface area contributed by atoms with Gasteiger partial charge in [-0.15, -0.1) is 0 Å². The predicted molar refractivity (Wildman–Crippen MR) is 75.0 cm³/mol. The Morgan fingerprint density at radius 3 is 2.75 bits per heavy atom. The second kappa shape index (κ2) is 6.15. The number of sulfonamides is 1. The molecule has 0 radical (unpaired) electrons. The van der Waals surface area contributed by atoms with Gasteiger partial charge in [0.25, 0.3) is 0 Å². The number of halogens is 3. The molecule has 0 aliphatic carbocycles. The Morgan fingerprint density at radius 2 is 2.10 bits per heavy atom. The van der Waals surface area contributed by atoms with Gasteiger partial charge in [0.15, 0.2) is 5.82 Å². The lowest BCUT2D eigenvalue weighted by Gasteiger charge is -2.31. The summed E-state index contributed by atoms with van der Waals surface area (Å²) in [6.07, 6.45) is 1.42. The molecule has 1 aliphatic heterocycles. The van der Waals surface area contributed by atoms with Crippen molar-refractivity contribution < 1.29 is 17.9 Å². The first kappa shape index (κ1) is 16.0. The van der Waals surface area contributed by atoms with E-state index in [1.807, 2.05) is 0 Å². The third-order valence-electron chi connectivity index (χ3n) is 3.36. The van der Waals surface area contributed by atoms with E-state index in [2.05, 4.69) is 0 Å².